The molecule has 2 heterocycles. The van der Waals surface area contributed by atoms with E-state index in [-0.39, 0.29) is 42.0 Å². The molecule has 2 rings (SSSR count). The van der Waals surface area contributed by atoms with E-state index in [4.69, 9.17) is 4.74 Å². The normalized spacial score (nSPS) is 18.1. The van der Waals surface area contributed by atoms with Gasteiger partial charge >= 0.3 is 6.09 Å². The van der Waals surface area contributed by atoms with Crippen molar-refractivity contribution < 1.29 is 14.3 Å². The first-order valence-corrected chi connectivity index (χ1v) is 9.59. The molecule has 8 nitrogen and oxygen atoms in total. The maximum Gasteiger partial charge on any atom is 0.410 e. The molecule has 156 valence electrons. The average molecular weight is 495 g/mol. The first-order valence-electron chi connectivity index (χ1n) is 9.59. The number of likely N-dealkylation sites (tertiary alicyclic amines) is 2. The molecular weight excluding hydrogens is 461 g/mol. The van der Waals surface area contributed by atoms with Gasteiger partial charge < -0.3 is 25.2 Å². The third-order valence-electron chi connectivity index (χ3n) is 4.25. The van der Waals surface area contributed by atoms with Gasteiger partial charge in [-0.15, -0.1) is 24.0 Å². The number of guanidine groups is 1. The van der Waals surface area contributed by atoms with Gasteiger partial charge in [-0.2, -0.15) is 0 Å². The number of nitrogens with one attached hydrogen (secondary N) is 2. The van der Waals surface area contributed by atoms with Gasteiger partial charge in [0.25, 0.3) is 0 Å². The second-order valence-electron chi connectivity index (χ2n) is 7.83. The fourth-order valence-electron chi connectivity index (χ4n) is 2.95. The van der Waals surface area contributed by atoms with E-state index in [2.05, 4.69) is 15.6 Å². The quantitative estimate of drug-likeness (QED) is 0.254. The number of aliphatic imine (C=N–C) groups is 1. The van der Waals surface area contributed by atoms with Crippen LogP contribution in [-0.4, -0.2) is 78.7 Å². The number of carbonyl (C=O) groups is 2. The third-order valence-corrected chi connectivity index (χ3v) is 4.25. The van der Waals surface area contributed by atoms with Gasteiger partial charge in [0.1, 0.15) is 5.60 Å². The molecule has 9 heteroatoms. The van der Waals surface area contributed by atoms with Crippen molar-refractivity contribution in [2.24, 2.45) is 4.99 Å². The van der Waals surface area contributed by atoms with Crippen molar-refractivity contribution in [3.63, 3.8) is 0 Å². The summed E-state index contributed by atoms with van der Waals surface area (Å²) in [6.07, 6.45) is 2.25. The molecule has 2 aliphatic rings. The Morgan fingerprint density at radius 3 is 2.59 bits per heavy atom. The maximum atomic E-state index is 12.0. The molecule has 2 aliphatic heterocycles. The van der Waals surface area contributed by atoms with Crippen molar-refractivity contribution in [2.45, 2.75) is 58.6 Å². The number of hydrogen-bond donors (Lipinski definition) is 2. The van der Waals surface area contributed by atoms with Gasteiger partial charge in [-0.25, -0.2) is 4.79 Å². The topological polar surface area (TPSA) is 86.3 Å². The smallest absolute Gasteiger partial charge is 0.410 e. The number of nitrogens with zero attached hydrogens (tertiary/aromatic N) is 3. The summed E-state index contributed by atoms with van der Waals surface area (Å²) in [6, 6.07) is 0.181. The number of ether oxygens (including phenoxy) is 1. The molecule has 0 radical (unpaired) electrons. The van der Waals surface area contributed by atoms with Crippen LogP contribution in [0.5, 0.6) is 0 Å². The number of hydrogen-bond acceptors (Lipinski definition) is 4. The lowest BCUT2D eigenvalue weighted by atomic mass is 10.1. The molecule has 0 aromatic rings. The predicted molar refractivity (Wildman–Crippen MR) is 117 cm³/mol. The predicted octanol–water partition coefficient (Wildman–Crippen LogP) is 1.79. The zero-order valence-electron chi connectivity index (χ0n) is 16.9. The van der Waals surface area contributed by atoms with Gasteiger partial charge in [-0.3, -0.25) is 9.79 Å². The third kappa shape index (κ3) is 8.10. The van der Waals surface area contributed by atoms with Gasteiger partial charge in [0.05, 0.1) is 6.04 Å². The molecule has 0 bridgehead atoms. The molecule has 2 amide bonds. The molecule has 0 aromatic carbocycles. The second kappa shape index (κ2) is 10.9. The van der Waals surface area contributed by atoms with E-state index in [0.29, 0.717) is 26.1 Å². The summed E-state index contributed by atoms with van der Waals surface area (Å²) >= 11 is 0. The lowest BCUT2D eigenvalue weighted by Crippen LogP contribution is -2.63. The molecule has 0 unspecified atom stereocenters. The number of halogens is 1. The van der Waals surface area contributed by atoms with Crippen LogP contribution in [0.3, 0.4) is 0 Å². The lowest BCUT2D eigenvalue weighted by Gasteiger charge is -2.40. The molecule has 0 spiro atoms. The average Bonchev–Trinajstić information content (AvgIpc) is 2.90. The number of carbonyl (C=O) groups excluding carboxylic acids is 2. The van der Waals surface area contributed by atoms with Crippen LogP contribution < -0.4 is 10.6 Å². The summed E-state index contributed by atoms with van der Waals surface area (Å²) < 4.78 is 5.36. The number of rotatable bonds is 6. The minimum Gasteiger partial charge on any atom is -0.444 e. The first kappa shape index (κ1) is 23.8. The van der Waals surface area contributed by atoms with Crippen molar-refractivity contribution in [3.05, 3.63) is 0 Å². The van der Waals surface area contributed by atoms with Crippen LogP contribution in [0.2, 0.25) is 0 Å². The summed E-state index contributed by atoms with van der Waals surface area (Å²) in [5, 5.41) is 6.57. The van der Waals surface area contributed by atoms with Crippen LogP contribution in [0.1, 0.15) is 47.0 Å². The standard InChI is InChI=1S/C18H33N5O3.HI/c1-5-19-16(20-9-7-11-22-10-6-8-15(22)24)21-14-12-23(13-14)17(25)26-18(2,3)4;/h14H,5-13H2,1-4H3,(H2,19,20,21);1H. The Kier molecular flexibility index (Phi) is 9.61. The minimum absolute atomic E-state index is 0. The molecule has 27 heavy (non-hydrogen) atoms. The maximum absolute atomic E-state index is 12.0. The zero-order valence-corrected chi connectivity index (χ0v) is 19.2. The van der Waals surface area contributed by atoms with E-state index in [1.807, 2.05) is 32.6 Å². The number of amides is 2. The second-order valence-corrected chi connectivity index (χ2v) is 7.83. The van der Waals surface area contributed by atoms with Crippen molar-refractivity contribution in [3.8, 4) is 0 Å². The van der Waals surface area contributed by atoms with Crippen LogP contribution in [0, 0.1) is 0 Å². The molecule has 0 aliphatic carbocycles. The highest BCUT2D eigenvalue weighted by Gasteiger charge is 2.34. The molecular formula is C18H34IN5O3. The van der Waals surface area contributed by atoms with Gasteiger partial charge in [0.15, 0.2) is 5.96 Å². The molecule has 2 fully saturated rings. The highest BCUT2D eigenvalue weighted by molar-refractivity contribution is 14.0. The van der Waals surface area contributed by atoms with E-state index in [0.717, 1.165) is 38.4 Å². The largest absolute Gasteiger partial charge is 0.444 e. The van der Waals surface area contributed by atoms with E-state index < -0.39 is 5.60 Å². The Labute approximate surface area is 179 Å². The van der Waals surface area contributed by atoms with Crippen molar-refractivity contribution in [1.29, 1.82) is 0 Å². The Balaban J connectivity index is 0.00000364. The molecule has 2 N–H and O–H groups in total. The molecule has 0 aromatic heterocycles. The zero-order chi connectivity index (χ0) is 19.2. The fraction of sp³-hybridized carbons (Fsp3) is 0.833. The fourth-order valence-corrected chi connectivity index (χ4v) is 2.95. The summed E-state index contributed by atoms with van der Waals surface area (Å²) in [7, 11) is 0. The van der Waals surface area contributed by atoms with Gasteiger partial charge in [0, 0.05) is 45.7 Å². The Morgan fingerprint density at radius 2 is 2.04 bits per heavy atom. The summed E-state index contributed by atoms with van der Waals surface area (Å²) in [5.41, 5.74) is -0.470. The first-order chi connectivity index (χ1) is 12.3. The van der Waals surface area contributed by atoms with E-state index in [9.17, 15) is 9.59 Å². The van der Waals surface area contributed by atoms with E-state index in [1.165, 1.54) is 0 Å². The van der Waals surface area contributed by atoms with Gasteiger partial charge in [0.2, 0.25) is 5.91 Å². The minimum atomic E-state index is -0.470. The van der Waals surface area contributed by atoms with Crippen molar-refractivity contribution in [2.75, 3.05) is 39.3 Å². The van der Waals surface area contributed by atoms with E-state index in [1.54, 1.807) is 4.90 Å². The van der Waals surface area contributed by atoms with Crippen molar-refractivity contribution in [1.82, 2.24) is 20.4 Å². The Morgan fingerprint density at radius 1 is 1.33 bits per heavy atom. The molecule has 0 saturated carbocycles. The van der Waals surface area contributed by atoms with E-state index >= 15 is 0 Å². The van der Waals surface area contributed by atoms with Crippen LogP contribution in [-0.2, 0) is 9.53 Å². The van der Waals surface area contributed by atoms with Gasteiger partial charge in [-0.05, 0) is 40.5 Å². The summed E-state index contributed by atoms with van der Waals surface area (Å²) in [4.78, 5) is 31.7. The highest BCUT2D eigenvalue weighted by atomic mass is 127. The van der Waals surface area contributed by atoms with Crippen LogP contribution >= 0.6 is 24.0 Å². The van der Waals surface area contributed by atoms with Crippen LogP contribution in [0.15, 0.2) is 4.99 Å². The SMILES string of the molecule is CCNC(=NCCCN1CCCC1=O)NC1CN(C(=O)OC(C)(C)C)C1.I. The lowest BCUT2D eigenvalue weighted by molar-refractivity contribution is -0.127. The molecule has 0 atom stereocenters. The summed E-state index contributed by atoms with van der Waals surface area (Å²) in [6.45, 7) is 11.9. The summed E-state index contributed by atoms with van der Waals surface area (Å²) in [5.74, 6) is 1.02. The molecule has 2 saturated heterocycles. The highest BCUT2D eigenvalue weighted by Crippen LogP contribution is 2.15. The van der Waals surface area contributed by atoms with Crippen LogP contribution in [0.25, 0.3) is 0 Å². The van der Waals surface area contributed by atoms with Crippen LogP contribution in [0.4, 0.5) is 4.79 Å². The monoisotopic (exact) mass is 495 g/mol. The van der Waals surface area contributed by atoms with Crippen molar-refractivity contribution >= 4 is 41.9 Å². The van der Waals surface area contributed by atoms with Gasteiger partial charge in [-0.1, -0.05) is 0 Å². The Bertz CT molecular complexity index is 530. The Hall–Kier alpha value is -1.26.